The number of amides is 2. The third-order valence-corrected chi connectivity index (χ3v) is 3.50. The topological polar surface area (TPSA) is 87.5 Å². The second-order valence-electron chi connectivity index (χ2n) is 5.06. The zero-order valence-corrected chi connectivity index (χ0v) is 11.8. The van der Waals surface area contributed by atoms with E-state index in [1.54, 1.807) is 19.1 Å². The quantitative estimate of drug-likeness (QED) is 0.695. The van der Waals surface area contributed by atoms with Crippen molar-refractivity contribution in [2.75, 3.05) is 30.7 Å². The van der Waals surface area contributed by atoms with Gasteiger partial charge in [-0.1, -0.05) is 0 Å². The lowest BCUT2D eigenvalue weighted by Crippen LogP contribution is -2.55. The van der Waals surface area contributed by atoms with Gasteiger partial charge in [0, 0.05) is 24.5 Å². The molecule has 1 aromatic rings. The summed E-state index contributed by atoms with van der Waals surface area (Å²) in [6.45, 7) is 5.16. The summed E-state index contributed by atoms with van der Waals surface area (Å²) < 4.78 is 0. The van der Waals surface area contributed by atoms with Crippen molar-refractivity contribution in [3.05, 3.63) is 23.8 Å². The average molecular weight is 276 g/mol. The molecule has 1 unspecified atom stereocenters. The van der Waals surface area contributed by atoms with E-state index in [2.05, 4.69) is 10.6 Å². The number of nitrogens with one attached hydrogen (secondary N) is 2. The second-order valence-corrected chi connectivity index (χ2v) is 5.06. The van der Waals surface area contributed by atoms with Crippen LogP contribution in [0.25, 0.3) is 0 Å². The van der Waals surface area contributed by atoms with Crippen molar-refractivity contribution in [3.8, 4) is 0 Å². The van der Waals surface area contributed by atoms with Gasteiger partial charge in [0.15, 0.2) is 0 Å². The molecule has 0 bridgehead atoms. The zero-order valence-electron chi connectivity index (χ0n) is 11.8. The van der Waals surface area contributed by atoms with Crippen molar-refractivity contribution in [1.29, 1.82) is 0 Å². The summed E-state index contributed by atoms with van der Waals surface area (Å²) in [6, 6.07) is 5.07. The molecule has 1 fully saturated rings. The van der Waals surface area contributed by atoms with E-state index in [-0.39, 0.29) is 24.4 Å². The van der Waals surface area contributed by atoms with E-state index >= 15 is 0 Å². The first-order chi connectivity index (χ1) is 9.47. The molecule has 0 spiro atoms. The van der Waals surface area contributed by atoms with Crippen molar-refractivity contribution in [1.82, 2.24) is 10.2 Å². The fraction of sp³-hybridized carbons (Fsp3) is 0.429. The van der Waals surface area contributed by atoms with Crippen molar-refractivity contribution >= 4 is 23.2 Å². The third-order valence-electron chi connectivity index (χ3n) is 3.50. The molecule has 1 atom stereocenters. The molecule has 1 aromatic carbocycles. The normalized spacial score (nSPS) is 19.5. The van der Waals surface area contributed by atoms with Gasteiger partial charge in [-0.05, 0) is 37.6 Å². The molecule has 6 nitrogen and oxygen atoms in total. The molecular formula is C14H20N4O2. The Labute approximate surface area is 118 Å². The third kappa shape index (κ3) is 3.27. The number of aryl methyl sites for hydroxylation is 1. The van der Waals surface area contributed by atoms with Gasteiger partial charge in [-0.15, -0.1) is 0 Å². The van der Waals surface area contributed by atoms with Crippen molar-refractivity contribution in [2.24, 2.45) is 0 Å². The Morgan fingerprint density at radius 2 is 2.30 bits per heavy atom. The molecule has 2 rings (SSSR count). The van der Waals surface area contributed by atoms with Gasteiger partial charge in [0.25, 0.3) is 0 Å². The van der Waals surface area contributed by atoms with Gasteiger partial charge in [-0.2, -0.15) is 0 Å². The number of carbonyl (C=O) groups is 2. The Morgan fingerprint density at radius 1 is 1.55 bits per heavy atom. The van der Waals surface area contributed by atoms with E-state index in [0.717, 1.165) is 11.3 Å². The number of nitrogen functional groups attached to an aromatic ring is 1. The van der Waals surface area contributed by atoms with Crippen molar-refractivity contribution in [2.45, 2.75) is 19.9 Å². The predicted molar refractivity (Wildman–Crippen MR) is 78.3 cm³/mol. The van der Waals surface area contributed by atoms with Crippen LogP contribution < -0.4 is 16.4 Å². The van der Waals surface area contributed by atoms with Crippen LogP contribution in [-0.2, 0) is 9.59 Å². The lowest BCUT2D eigenvalue weighted by molar-refractivity contribution is -0.129. The molecule has 108 valence electrons. The molecule has 1 saturated heterocycles. The minimum Gasteiger partial charge on any atom is -0.399 e. The summed E-state index contributed by atoms with van der Waals surface area (Å²) in [4.78, 5) is 25.5. The average Bonchev–Trinajstić information content (AvgIpc) is 2.38. The van der Waals surface area contributed by atoms with Gasteiger partial charge in [0.05, 0.1) is 12.6 Å². The van der Waals surface area contributed by atoms with Gasteiger partial charge < -0.3 is 16.4 Å². The van der Waals surface area contributed by atoms with Crippen LogP contribution in [-0.4, -0.2) is 42.4 Å². The SMILES string of the molecule is Cc1cc(N)ccc1NC(=O)CN1CCNC(=O)C1C. The van der Waals surface area contributed by atoms with Crippen LogP contribution in [0.5, 0.6) is 0 Å². The first-order valence-electron chi connectivity index (χ1n) is 6.65. The molecule has 1 heterocycles. The van der Waals surface area contributed by atoms with Crippen molar-refractivity contribution < 1.29 is 9.59 Å². The molecule has 1 aliphatic heterocycles. The highest BCUT2D eigenvalue weighted by molar-refractivity contribution is 5.93. The molecule has 1 aliphatic rings. The van der Waals surface area contributed by atoms with Crippen LogP contribution in [0.1, 0.15) is 12.5 Å². The van der Waals surface area contributed by atoms with Crippen LogP contribution in [0, 0.1) is 6.92 Å². The van der Waals surface area contributed by atoms with Crippen LogP contribution in [0.4, 0.5) is 11.4 Å². The Bertz CT molecular complexity index is 530. The van der Waals surface area contributed by atoms with Gasteiger partial charge in [0.2, 0.25) is 11.8 Å². The molecule has 2 amide bonds. The number of anilines is 2. The Morgan fingerprint density at radius 3 is 3.00 bits per heavy atom. The molecule has 0 aromatic heterocycles. The first-order valence-corrected chi connectivity index (χ1v) is 6.65. The fourth-order valence-electron chi connectivity index (χ4n) is 2.25. The standard InChI is InChI=1S/C14H20N4O2/c1-9-7-11(15)3-4-12(9)17-13(19)8-18-6-5-16-14(20)10(18)2/h3-4,7,10H,5-6,8,15H2,1-2H3,(H,16,20)(H,17,19). The zero-order chi connectivity index (χ0) is 14.7. The molecular weight excluding hydrogens is 256 g/mol. The second kappa shape index (κ2) is 5.92. The Balaban J connectivity index is 1.97. The summed E-state index contributed by atoms with van der Waals surface area (Å²) >= 11 is 0. The molecule has 4 N–H and O–H groups in total. The first kappa shape index (κ1) is 14.3. The number of carbonyl (C=O) groups excluding carboxylic acids is 2. The molecule has 20 heavy (non-hydrogen) atoms. The molecule has 0 radical (unpaired) electrons. The van der Waals surface area contributed by atoms with Crippen LogP contribution in [0.3, 0.4) is 0 Å². The van der Waals surface area contributed by atoms with E-state index in [9.17, 15) is 9.59 Å². The maximum atomic E-state index is 12.1. The van der Waals surface area contributed by atoms with Gasteiger partial charge in [0.1, 0.15) is 0 Å². The lowest BCUT2D eigenvalue weighted by atomic mass is 10.1. The number of rotatable bonds is 3. The number of piperazine rings is 1. The molecule has 0 saturated carbocycles. The highest BCUT2D eigenvalue weighted by Gasteiger charge is 2.26. The molecule has 6 heteroatoms. The van der Waals surface area contributed by atoms with Crippen molar-refractivity contribution in [3.63, 3.8) is 0 Å². The summed E-state index contributed by atoms with van der Waals surface area (Å²) in [5, 5.41) is 5.63. The highest BCUT2D eigenvalue weighted by Crippen LogP contribution is 2.17. The maximum absolute atomic E-state index is 12.1. The Kier molecular flexibility index (Phi) is 4.24. The minimum absolute atomic E-state index is 0.0345. The van der Waals surface area contributed by atoms with E-state index in [1.807, 2.05) is 17.9 Å². The van der Waals surface area contributed by atoms with Crippen LogP contribution in [0.2, 0.25) is 0 Å². The van der Waals surface area contributed by atoms with Gasteiger partial charge in [-0.25, -0.2) is 0 Å². The number of hydrogen-bond donors (Lipinski definition) is 3. The number of nitrogens with two attached hydrogens (primary N) is 1. The minimum atomic E-state index is -0.276. The fourth-order valence-corrected chi connectivity index (χ4v) is 2.25. The summed E-state index contributed by atoms with van der Waals surface area (Å²) in [5.74, 6) is -0.160. The monoisotopic (exact) mass is 276 g/mol. The van der Waals surface area contributed by atoms with Gasteiger partial charge >= 0.3 is 0 Å². The number of benzene rings is 1. The number of nitrogens with zero attached hydrogens (tertiary/aromatic N) is 1. The summed E-state index contributed by atoms with van der Waals surface area (Å²) in [6.07, 6.45) is 0. The largest absolute Gasteiger partial charge is 0.399 e. The summed E-state index contributed by atoms with van der Waals surface area (Å²) in [5.41, 5.74) is 8.01. The van der Waals surface area contributed by atoms with Gasteiger partial charge in [-0.3, -0.25) is 14.5 Å². The van der Waals surface area contributed by atoms with E-state index < -0.39 is 0 Å². The van der Waals surface area contributed by atoms with Crippen LogP contribution in [0.15, 0.2) is 18.2 Å². The molecule has 0 aliphatic carbocycles. The number of hydrogen-bond acceptors (Lipinski definition) is 4. The van der Waals surface area contributed by atoms with E-state index in [4.69, 9.17) is 5.73 Å². The van der Waals surface area contributed by atoms with E-state index in [1.165, 1.54) is 0 Å². The lowest BCUT2D eigenvalue weighted by Gasteiger charge is -2.32. The highest BCUT2D eigenvalue weighted by atomic mass is 16.2. The Hall–Kier alpha value is -2.08. The van der Waals surface area contributed by atoms with Crippen LogP contribution >= 0.6 is 0 Å². The maximum Gasteiger partial charge on any atom is 0.238 e. The summed E-state index contributed by atoms with van der Waals surface area (Å²) in [7, 11) is 0. The smallest absolute Gasteiger partial charge is 0.238 e. The predicted octanol–water partition coefficient (Wildman–Crippen LogP) is 0.336. The van der Waals surface area contributed by atoms with E-state index in [0.29, 0.717) is 18.8 Å².